The van der Waals surface area contributed by atoms with Crippen LogP contribution in [0.5, 0.6) is 0 Å². The average molecular weight is 463 g/mol. The Balaban J connectivity index is 1.37. The number of hydrogen-bond acceptors (Lipinski definition) is 4. The number of carbonyl (C=O) groups is 1. The maximum atomic E-state index is 14.0. The number of nitrogens with zero attached hydrogens (tertiary/aromatic N) is 6. The van der Waals surface area contributed by atoms with E-state index in [1.54, 1.807) is 0 Å². The van der Waals surface area contributed by atoms with Gasteiger partial charge in [0.1, 0.15) is 11.5 Å². The van der Waals surface area contributed by atoms with Gasteiger partial charge in [0.25, 0.3) is 5.91 Å². The first kappa shape index (κ1) is 21.3. The number of fused-ring (bicyclic) bond motifs is 1. The molecule has 0 aliphatic carbocycles. The number of aryl methyl sites for hydroxylation is 1. The monoisotopic (exact) mass is 462 g/mol. The molecule has 2 aromatic carbocycles. The van der Waals surface area contributed by atoms with E-state index in [4.69, 9.17) is 5.10 Å². The minimum absolute atomic E-state index is 0.00366. The Morgan fingerprint density at radius 3 is 2.60 bits per heavy atom. The maximum absolute atomic E-state index is 14.0. The Kier molecular flexibility index (Phi) is 5.37. The van der Waals surface area contributed by atoms with Crippen molar-refractivity contribution in [1.82, 2.24) is 29.3 Å². The van der Waals surface area contributed by atoms with Crippen LogP contribution in [0.1, 0.15) is 40.5 Å². The summed E-state index contributed by atoms with van der Waals surface area (Å²) in [6, 6.07) is 23.9. The van der Waals surface area contributed by atoms with Gasteiger partial charge in [-0.15, -0.1) is 10.2 Å². The zero-order chi connectivity index (χ0) is 23.8. The van der Waals surface area contributed by atoms with Crippen molar-refractivity contribution in [3.8, 4) is 16.9 Å². The smallest absolute Gasteiger partial charge is 0.257 e. The maximum Gasteiger partial charge on any atom is 0.257 e. The molecule has 6 rings (SSSR count). The summed E-state index contributed by atoms with van der Waals surface area (Å²) in [5.41, 5.74) is 5.15. The lowest BCUT2D eigenvalue weighted by molar-refractivity contribution is 0.0705. The van der Waals surface area contributed by atoms with Crippen molar-refractivity contribution in [2.45, 2.75) is 25.7 Å². The third kappa shape index (κ3) is 3.89. The number of aromatic nitrogens is 5. The quantitative estimate of drug-likeness (QED) is 0.381. The predicted octanol–water partition coefficient (Wildman–Crippen LogP) is 4.91. The number of benzene rings is 2. The van der Waals surface area contributed by atoms with Gasteiger partial charge in [0.2, 0.25) is 0 Å². The number of amides is 1. The second-order valence-corrected chi connectivity index (χ2v) is 9.06. The molecule has 35 heavy (non-hydrogen) atoms. The summed E-state index contributed by atoms with van der Waals surface area (Å²) >= 11 is 0. The first-order valence-electron chi connectivity index (χ1n) is 12.0. The summed E-state index contributed by atoms with van der Waals surface area (Å²) in [7, 11) is 0. The lowest BCUT2D eigenvalue weighted by atomic mass is 9.96. The molecule has 1 aliphatic rings. The zero-order valence-electron chi connectivity index (χ0n) is 19.6. The second kappa shape index (κ2) is 8.83. The number of hydrogen-bond donors (Lipinski definition) is 0. The van der Waals surface area contributed by atoms with E-state index < -0.39 is 0 Å². The van der Waals surface area contributed by atoms with Gasteiger partial charge in [0.05, 0.1) is 11.3 Å². The number of rotatable bonds is 4. The predicted molar refractivity (Wildman–Crippen MR) is 135 cm³/mol. The van der Waals surface area contributed by atoms with Crippen molar-refractivity contribution in [2.24, 2.45) is 0 Å². The van der Waals surface area contributed by atoms with Crippen molar-refractivity contribution in [2.75, 3.05) is 13.1 Å². The van der Waals surface area contributed by atoms with Gasteiger partial charge in [-0.05, 0) is 49.6 Å². The second-order valence-electron chi connectivity index (χ2n) is 9.06. The summed E-state index contributed by atoms with van der Waals surface area (Å²) in [6.45, 7) is 3.38. The van der Waals surface area contributed by atoms with Crippen molar-refractivity contribution in [3.63, 3.8) is 0 Å². The molecule has 0 radical (unpaired) electrons. The van der Waals surface area contributed by atoms with Crippen molar-refractivity contribution in [3.05, 3.63) is 102 Å². The van der Waals surface area contributed by atoms with E-state index in [1.165, 1.54) is 0 Å². The molecule has 174 valence electrons. The first-order valence-corrected chi connectivity index (χ1v) is 12.0. The van der Waals surface area contributed by atoms with Crippen LogP contribution in [0, 0.1) is 6.92 Å². The summed E-state index contributed by atoms with van der Waals surface area (Å²) in [5, 5.41) is 13.7. The van der Waals surface area contributed by atoms with E-state index in [2.05, 4.69) is 23.2 Å². The van der Waals surface area contributed by atoms with Gasteiger partial charge >= 0.3 is 0 Å². The van der Waals surface area contributed by atoms with Crippen LogP contribution in [0.25, 0.3) is 22.6 Å². The van der Waals surface area contributed by atoms with Gasteiger partial charge in [-0.25, -0.2) is 4.68 Å². The summed E-state index contributed by atoms with van der Waals surface area (Å²) in [6.07, 6.45) is 5.76. The number of piperidine rings is 1. The van der Waals surface area contributed by atoms with E-state index in [0.717, 1.165) is 47.7 Å². The van der Waals surface area contributed by atoms with Gasteiger partial charge in [-0.2, -0.15) is 5.10 Å². The van der Waals surface area contributed by atoms with Gasteiger partial charge in [0, 0.05) is 37.0 Å². The number of pyridine rings is 1. The fourth-order valence-corrected chi connectivity index (χ4v) is 4.96. The van der Waals surface area contributed by atoms with Crippen LogP contribution in [0.15, 0.2) is 85.2 Å². The van der Waals surface area contributed by atoms with E-state index >= 15 is 0 Å². The highest BCUT2D eigenvalue weighted by Crippen LogP contribution is 2.31. The molecule has 4 heterocycles. The Morgan fingerprint density at radius 1 is 0.943 bits per heavy atom. The lowest BCUT2D eigenvalue weighted by Crippen LogP contribution is -2.39. The van der Waals surface area contributed by atoms with Crippen molar-refractivity contribution >= 4 is 11.6 Å². The Morgan fingerprint density at radius 2 is 1.74 bits per heavy atom. The fourth-order valence-electron chi connectivity index (χ4n) is 4.96. The third-order valence-corrected chi connectivity index (χ3v) is 6.78. The zero-order valence-corrected chi connectivity index (χ0v) is 19.6. The van der Waals surface area contributed by atoms with Crippen LogP contribution < -0.4 is 0 Å². The summed E-state index contributed by atoms with van der Waals surface area (Å²) in [5.74, 6) is 1.05. The molecule has 0 N–H and O–H groups in total. The highest BCUT2D eigenvalue weighted by molar-refractivity contribution is 6.00. The Labute approximate surface area is 203 Å². The van der Waals surface area contributed by atoms with Gasteiger partial charge < -0.3 is 4.90 Å². The molecule has 7 heteroatoms. The molecule has 5 aromatic rings. The minimum Gasteiger partial charge on any atom is -0.338 e. The topological polar surface area (TPSA) is 68.3 Å². The molecule has 7 nitrogen and oxygen atoms in total. The molecule has 0 bridgehead atoms. The first-order chi connectivity index (χ1) is 17.2. The number of para-hydroxylation sites is 1. The van der Waals surface area contributed by atoms with Crippen LogP contribution in [-0.4, -0.2) is 48.3 Å². The van der Waals surface area contributed by atoms with E-state index in [-0.39, 0.29) is 11.8 Å². The average Bonchev–Trinajstić information content (AvgIpc) is 3.54. The number of carbonyl (C=O) groups excluding carboxylic acids is 1. The SMILES string of the molecule is Cc1ccccc1-c1nn(-c2ccccc2)cc1C(=O)N1CCC[C@@H](c2nnc3ccccn23)C1. The molecule has 0 unspecified atom stereocenters. The molecule has 1 aliphatic heterocycles. The highest BCUT2D eigenvalue weighted by atomic mass is 16.2. The largest absolute Gasteiger partial charge is 0.338 e. The molecule has 1 fully saturated rings. The van der Waals surface area contributed by atoms with Gasteiger partial charge in [-0.3, -0.25) is 9.20 Å². The van der Waals surface area contributed by atoms with E-state index in [0.29, 0.717) is 17.8 Å². The fraction of sp³-hybridized carbons (Fsp3) is 0.214. The van der Waals surface area contributed by atoms with E-state index in [9.17, 15) is 4.79 Å². The van der Waals surface area contributed by atoms with E-state index in [1.807, 2.05) is 93.1 Å². The standard InChI is InChI=1S/C28H26N6O/c1-20-10-5-6-14-23(20)26-24(19-34(31-26)22-12-3-2-4-13-22)28(35)32-16-9-11-21(18-32)27-30-29-25-15-7-8-17-33(25)27/h2-8,10,12-15,17,19,21H,9,11,16,18H2,1H3/t21-/m1/s1. The lowest BCUT2D eigenvalue weighted by Gasteiger charge is -2.32. The van der Waals surface area contributed by atoms with Crippen LogP contribution in [0.2, 0.25) is 0 Å². The molecule has 1 atom stereocenters. The van der Waals surface area contributed by atoms with Crippen LogP contribution in [0.3, 0.4) is 0 Å². The highest BCUT2D eigenvalue weighted by Gasteiger charge is 2.31. The summed E-state index contributed by atoms with van der Waals surface area (Å²) < 4.78 is 3.84. The van der Waals surface area contributed by atoms with Gasteiger partial charge in [-0.1, -0.05) is 48.5 Å². The Hall–Kier alpha value is -4.26. The number of likely N-dealkylation sites (tertiary alicyclic amines) is 1. The van der Waals surface area contributed by atoms with Gasteiger partial charge in [0.15, 0.2) is 5.65 Å². The third-order valence-electron chi connectivity index (χ3n) is 6.78. The van der Waals surface area contributed by atoms with Crippen LogP contribution >= 0.6 is 0 Å². The molecule has 1 amide bonds. The van der Waals surface area contributed by atoms with Crippen molar-refractivity contribution < 1.29 is 4.79 Å². The molecule has 0 spiro atoms. The normalized spacial score (nSPS) is 16.0. The molecule has 0 saturated carbocycles. The minimum atomic E-state index is 0.00366. The molecule has 3 aromatic heterocycles. The summed E-state index contributed by atoms with van der Waals surface area (Å²) in [4.78, 5) is 15.9. The molecular formula is C28H26N6O. The van der Waals surface area contributed by atoms with Crippen LogP contribution in [-0.2, 0) is 0 Å². The Bertz CT molecular complexity index is 1500. The van der Waals surface area contributed by atoms with Crippen molar-refractivity contribution in [1.29, 1.82) is 0 Å². The molecular weight excluding hydrogens is 436 g/mol. The molecule has 1 saturated heterocycles. The van der Waals surface area contributed by atoms with Crippen LogP contribution in [0.4, 0.5) is 0 Å².